The first-order chi connectivity index (χ1) is 14.3. The molecule has 0 spiro atoms. The molecule has 2 saturated heterocycles. The standard InChI is InChI=1S/C22H36N4O3.HI/c1-23-22(24-11-7-14-29-18-10-15-28-17-18)25-16-20(26-12-5-6-13-26)19-8-3-4-9-21(19)27-2;/h3-4,8-9,18,20H,5-7,10-17H2,1-2H3,(H2,23,24,25);1H. The maximum atomic E-state index is 5.82. The van der Waals surface area contributed by atoms with Crippen LogP contribution in [-0.4, -0.2) is 77.1 Å². The molecule has 3 rings (SSSR count). The summed E-state index contributed by atoms with van der Waals surface area (Å²) in [7, 11) is 3.56. The van der Waals surface area contributed by atoms with E-state index < -0.39 is 0 Å². The number of benzene rings is 1. The van der Waals surface area contributed by atoms with E-state index in [-0.39, 0.29) is 36.1 Å². The van der Waals surface area contributed by atoms with Crippen LogP contribution in [0.4, 0.5) is 0 Å². The summed E-state index contributed by atoms with van der Waals surface area (Å²) in [4.78, 5) is 6.92. The highest BCUT2D eigenvalue weighted by Crippen LogP contribution is 2.31. The summed E-state index contributed by atoms with van der Waals surface area (Å²) in [6.45, 7) is 6.17. The molecule has 2 N–H and O–H groups in total. The summed E-state index contributed by atoms with van der Waals surface area (Å²) in [6.07, 6.45) is 4.74. The van der Waals surface area contributed by atoms with Gasteiger partial charge >= 0.3 is 0 Å². The Bertz CT molecular complexity index is 635. The number of halogens is 1. The van der Waals surface area contributed by atoms with E-state index in [9.17, 15) is 0 Å². The lowest BCUT2D eigenvalue weighted by molar-refractivity contribution is 0.0420. The number of rotatable bonds is 10. The van der Waals surface area contributed by atoms with Gasteiger partial charge in [-0.1, -0.05) is 18.2 Å². The predicted molar refractivity (Wildman–Crippen MR) is 131 cm³/mol. The summed E-state index contributed by atoms with van der Waals surface area (Å²) < 4.78 is 16.8. The second-order valence-electron chi connectivity index (χ2n) is 7.59. The van der Waals surface area contributed by atoms with Gasteiger partial charge in [-0.3, -0.25) is 9.89 Å². The van der Waals surface area contributed by atoms with Crippen LogP contribution >= 0.6 is 24.0 Å². The normalized spacial score (nSPS) is 20.6. The maximum Gasteiger partial charge on any atom is 0.191 e. The largest absolute Gasteiger partial charge is 0.496 e. The van der Waals surface area contributed by atoms with Crippen molar-refractivity contribution in [2.45, 2.75) is 37.8 Å². The number of likely N-dealkylation sites (tertiary alicyclic amines) is 1. The van der Waals surface area contributed by atoms with Crippen molar-refractivity contribution in [3.05, 3.63) is 29.8 Å². The zero-order valence-corrected chi connectivity index (χ0v) is 20.6. The van der Waals surface area contributed by atoms with Crippen LogP contribution in [0.25, 0.3) is 0 Å². The second-order valence-corrected chi connectivity index (χ2v) is 7.59. The zero-order chi connectivity index (χ0) is 20.3. The van der Waals surface area contributed by atoms with Gasteiger partial charge in [0.15, 0.2) is 5.96 Å². The fraction of sp³-hybridized carbons (Fsp3) is 0.682. The van der Waals surface area contributed by atoms with Crippen LogP contribution < -0.4 is 15.4 Å². The van der Waals surface area contributed by atoms with Gasteiger partial charge in [-0.2, -0.15) is 0 Å². The Morgan fingerprint density at radius 1 is 1.27 bits per heavy atom. The van der Waals surface area contributed by atoms with Gasteiger partial charge < -0.3 is 24.8 Å². The van der Waals surface area contributed by atoms with Gasteiger partial charge in [-0.15, -0.1) is 24.0 Å². The van der Waals surface area contributed by atoms with Crippen LogP contribution in [0.5, 0.6) is 5.75 Å². The Labute approximate surface area is 197 Å². The number of nitrogens with zero attached hydrogens (tertiary/aromatic N) is 2. The highest BCUT2D eigenvalue weighted by atomic mass is 127. The lowest BCUT2D eigenvalue weighted by atomic mass is 10.0. The average molecular weight is 532 g/mol. The van der Waals surface area contributed by atoms with Crippen LogP contribution in [0.1, 0.15) is 37.3 Å². The Hall–Kier alpha value is -1.10. The zero-order valence-electron chi connectivity index (χ0n) is 18.3. The highest BCUT2D eigenvalue weighted by Gasteiger charge is 2.26. The molecule has 1 aromatic carbocycles. The molecule has 0 radical (unpaired) electrons. The average Bonchev–Trinajstić information content (AvgIpc) is 3.47. The molecule has 0 bridgehead atoms. The highest BCUT2D eigenvalue weighted by molar-refractivity contribution is 14.0. The quantitative estimate of drug-likeness (QED) is 0.209. The van der Waals surface area contributed by atoms with Gasteiger partial charge in [0.25, 0.3) is 0 Å². The first-order valence-corrected chi connectivity index (χ1v) is 10.8. The smallest absolute Gasteiger partial charge is 0.191 e. The molecule has 0 amide bonds. The molecule has 0 aliphatic carbocycles. The van der Waals surface area contributed by atoms with E-state index >= 15 is 0 Å². The van der Waals surface area contributed by atoms with Gasteiger partial charge in [0.2, 0.25) is 0 Å². The third-order valence-electron chi connectivity index (χ3n) is 5.62. The monoisotopic (exact) mass is 532 g/mol. The van der Waals surface area contributed by atoms with Crippen LogP contribution in [0, 0.1) is 0 Å². The number of ether oxygens (including phenoxy) is 3. The fourth-order valence-electron chi connectivity index (χ4n) is 4.02. The van der Waals surface area contributed by atoms with Crippen LogP contribution in [0.3, 0.4) is 0 Å². The molecule has 7 nitrogen and oxygen atoms in total. The first-order valence-electron chi connectivity index (χ1n) is 10.8. The molecule has 2 aliphatic rings. The van der Waals surface area contributed by atoms with E-state index in [1.807, 2.05) is 19.2 Å². The third-order valence-corrected chi connectivity index (χ3v) is 5.62. The Morgan fingerprint density at radius 3 is 2.77 bits per heavy atom. The van der Waals surface area contributed by atoms with Gasteiger partial charge in [-0.25, -0.2) is 0 Å². The molecule has 2 heterocycles. The number of para-hydroxylation sites is 1. The minimum atomic E-state index is 0. The van der Waals surface area contributed by atoms with Gasteiger partial charge in [0.05, 0.1) is 25.9 Å². The summed E-state index contributed by atoms with van der Waals surface area (Å²) >= 11 is 0. The molecule has 2 unspecified atom stereocenters. The molecule has 0 aromatic heterocycles. The second kappa shape index (κ2) is 14.1. The molecule has 2 fully saturated rings. The maximum absolute atomic E-state index is 5.82. The third kappa shape index (κ3) is 7.55. The van der Waals surface area contributed by atoms with E-state index in [4.69, 9.17) is 14.2 Å². The molecule has 1 aromatic rings. The van der Waals surface area contributed by atoms with Crippen molar-refractivity contribution in [1.29, 1.82) is 0 Å². The van der Waals surface area contributed by atoms with Crippen molar-refractivity contribution in [2.75, 3.05) is 60.2 Å². The van der Waals surface area contributed by atoms with Crippen molar-refractivity contribution in [2.24, 2.45) is 4.99 Å². The number of methoxy groups -OCH3 is 1. The molecular weight excluding hydrogens is 495 g/mol. The summed E-state index contributed by atoms with van der Waals surface area (Å²) in [6, 6.07) is 8.59. The predicted octanol–water partition coefficient (Wildman–Crippen LogP) is 2.81. The lowest BCUT2D eigenvalue weighted by Gasteiger charge is -2.30. The van der Waals surface area contributed by atoms with Crippen molar-refractivity contribution >= 4 is 29.9 Å². The van der Waals surface area contributed by atoms with Crippen molar-refractivity contribution in [1.82, 2.24) is 15.5 Å². The Kier molecular flexibility index (Phi) is 11.8. The SMILES string of the molecule is CN=C(NCCCOC1CCOC1)NCC(c1ccccc1OC)N1CCCC1.I. The minimum Gasteiger partial charge on any atom is -0.496 e. The fourth-order valence-corrected chi connectivity index (χ4v) is 4.02. The first kappa shape index (κ1) is 25.2. The number of hydrogen-bond acceptors (Lipinski definition) is 5. The molecule has 8 heteroatoms. The van der Waals surface area contributed by atoms with Crippen molar-refractivity contribution in [3.63, 3.8) is 0 Å². The van der Waals surface area contributed by atoms with Crippen LogP contribution in [-0.2, 0) is 9.47 Å². The molecule has 170 valence electrons. The van der Waals surface area contributed by atoms with Crippen molar-refractivity contribution < 1.29 is 14.2 Å². The van der Waals surface area contributed by atoms with Gasteiger partial charge in [0, 0.05) is 38.9 Å². The molecule has 30 heavy (non-hydrogen) atoms. The van der Waals surface area contributed by atoms with Gasteiger partial charge in [0.1, 0.15) is 5.75 Å². The van der Waals surface area contributed by atoms with Gasteiger partial charge in [-0.05, 0) is 44.8 Å². The molecular formula is C22H37IN4O3. The lowest BCUT2D eigenvalue weighted by Crippen LogP contribution is -2.43. The topological polar surface area (TPSA) is 67.4 Å². The Morgan fingerprint density at radius 2 is 2.07 bits per heavy atom. The molecule has 2 atom stereocenters. The summed E-state index contributed by atoms with van der Waals surface area (Å²) in [5.74, 6) is 1.77. The minimum absolute atomic E-state index is 0. The van der Waals surface area contributed by atoms with Crippen LogP contribution in [0.15, 0.2) is 29.3 Å². The van der Waals surface area contributed by atoms with Crippen molar-refractivity contribution in [3.8, 4) is 5.75 Å². The summed E-state index contributed by atoms with van der Waals surface area (Å²) in [5, 5.41) is 6.91. The van der Waals surface area contributed by atoms with E-state index in [2.05, 4.69) is 32.7 Å². The number of nitrogens with one attached hydrogen (secondary N) is 2. The van der Waals surface area contributed by atoms with E-state index in [1.165, 1.54) is 18.4 Å². The molecule has 0 saturated carbocycles. The number of aliphatic imine (C=N–C) groups is 1. The van der Waals surface area contributed by atoms with E-state index in [0.29, 0.717) is 0 Å². The van der Waals surface area contributed by atoms with E-state index in [0.717, 1.165) is 70.6 Å². The summed E-state index contributed by atoms with van der Waals surface area (Å²) in [5.41, 5.74) is 1.23. The number of hydrogen-bond donors (Lipinski definition) is 2. The Balaban J connectivity index is 0.00000320. The van der Waals surface area contributed by atoms with Crippen LogP contribution in [0.2, 0.25) is 0 Å². The number of guanidine groups is 1. The van der Waals surface area contributed by atoms with E-state index in [1.54, 1.807) is 7.11 Å². The molecule has 2 aliphatic heterocycles.